The molecule has 0 aliphatic heterocycles. The van der Waals surface area contributed by atoms with Crippen molar-refractivity contribution in [2.75, 3.05) is 5.32 Å². The molecular weight excluding hydrogens is 284 g/mol. The first kappa shape index (κ1) is 13.6. The van der Waals surface area contributed by atoms with Gasteiger partial charge >= 0.3 is 0 Å². The molecule has 2 N–H and O–H groups in total. The third kappa shape index (κ3) is 2.90. The van der Waals surface area contributed by atoms with Gasteiger partial charge in [0.2, 0.25) is 0 Å². The smallest absolute Gasteiger partial charge is 0.250 e. The summed E-state index contributed by atoms with van der Waals surface area (Å²) >= 11 is 1.68. The van der Waals surface area contributed by atoms with E-state index in [2.05, 4.69) is 21.6 Å². The van der Waals surface area contributed by atoms with Crippen molar-refractivity contribution in [1.82, 2.24) is 14.8 Å². The molecule has 0 aliphatic carbocycles. The number of rotatable bonds is 5. The second kappa shape index (κ2) is 5.97. The van der Waals surface area contributed by atoms with Crippen LogP contribution in [0.1, 0.15) is 12.5 Å². The van der Waals surface area contributed by atoms with Crippen LogP contribution in [0.4, 0.5) is 5.69 Å². The average molecular weight is 300 g/mol. The SMILES string of the molecule is CCn1cc(NCc2cn[nH]c2-c2cccs2)ccc1=O. The van der Waals surface area contributed by atoms with Gasteiger partial charge in [-0.2, -0.15) is 5.10 Å². The first-order valence-corrected chi connectivity index (χ1v) is 7.66. The summed E-state index contributed by atoms with van der Waals surface area (Å²) in [5.41, 5.74) is 3.09. The lowest BCUT2D eigenvalue weighted by Crippen LogP contribution is -2.17. The Morgan fingerprint density at radius 1 is 1.38 bits per heavy atom. The summed E-state index contributed by atoms with van der Waals surface area (Å²) in [7, 11) is 0. The van der Waals surface area contributed by atoms with Gasteiger partial charge in [0, 0.05) is 30.9 Å². The quantitative estimate of drug-likeness (QED) is 0.761. The Labute approximate surface area is 126 Å². The summed E-state index contributed by atoms with van der Waals surface area (Å²) in [5, 5.41) is 12.5. The van der Waals surface area contributed by atoms with E-state index in [0.29, 0.717) is 13.1 Å². The Kier molecular flexibility index (Phi) is 3.87. The van der Waals surface area contributed by atoms with E-state index in [1.807, 2.05) is 30.8 Å². The van der Waals surface area contributed by atoms with Crippen molar-refractivity contribution in [2.45, 2.75) is 20.0 Å². The number of pyridine rings is 1. The summed E-state index contributed by atoms with van der Waals surface area (Å²) in [4.78, 5) is 12.7. The highest BCUT2D eigenvalue weighted by atomic mass is 32.1. The van der Waals surface area contributed by atoms with E-state index in [-0.39, 0.29) is 5.56 Å². The molecule has 3 aromatic rings. The van der Waals surface area contributed by atoms with E-state index in [9.17, 15) is 4.79 Å². The molecular formula is C15H16N4OS. The maximum Gasteiger partial charge on any atom is 0.250 e. The Hall–Kier alpha value is -2.34. The summed E-state index contributed by atoms with van der Waals surface area (Å²) in [6.07, 6.45) is 3.67. The zero-order valence-electron chi connectivity index (χ0n) is 11.7. The minimum absolute atomic E-state index is 0.0191. The van der Waals surface area contributed by atoms with Gasteiger partial charge in [-0.1, -0.05) is 6.07 Å². The van der Waals surface area contributed by atoms with Crippen LogP contribution in [0, 0.1) is 0 Å². The Morgan fingerprint density at radius 3 is 3.05 bits per heavy atom. The van der Waals surface area contributed by atoms with Gasteiger partial charge in [0.15, 0.2) is 0 Å². The first-order chi connectivity index (χ1) is 10.3. The van der Waals surface area contributed by atoms with E-state index in [0.717, 1.165) is 16.9 Å². The molecule has 5 nitrogen and oxygen atoms in total. The van der Waals surface area contributed by atoms with Crippen molar-refractivity contribution in [3.63, 3.8) is 0 Å². The summed E-state index contributed by atoms with van der Waals surface area (Å²) in [5.74, 6) is 0. The van der Waals surface area contributed by atoms with Crippen molar-refractivity contribution in [3.8, 4) is 10.6 Å². The number of aromatic nitrogens is 3. The molecule has 0 amide bonds. The lowest BCUT2D eigenvalue weighted by atomic mass is 10.2. The van der Waals surface area contributed by atoms with Crippen molar-refractivity contribution in [1.29, 1.82) is 0 Å². The van der Waals surface area contributed by atoms with Crippen LogP contribution in [0.2, 0.25) is 0 Å². The zero-order chi connectivity index (χ0) is 14.7. The van der Waals surface area contributed by atoms with E-state index in [1.165, 1.54) is 4.88 Å². The number of nitrogens with zero attached hydrogens (tertiary/aromatic N) is 2. The Bertz CT molecular complexity index is 773. The highest BCUT2D eigenvalue weighted by Crippen LogP contribution is 2.26. The molecule has 0 aliphatic rings. The molecule has 0 bridgehead atoms. The van der Waals surface area contributed by atoms with Crippen LogP contribution in [0.15, 0.2) is 46.8 Å². The van der Waals surface area contributed by atoms with Crippen LogP contribution in [0.25, 0.3) is 10.6 Å². The van der Waals surface area contributed by atoms with Crippen molar-refractivity contribution in [3.05, 3.63) is 58.0 Å². The molecule has 6 heteroatoms. The lowest BCUT2D eigenvalue weighted by molar-refractivity contribution is 0.727. The van der Waals surface area contributed by atoms with Crippen LogP contribution < -0.4 is 10.9 Å². The predicted molar refractivity (Wildman–Crippen MR) is 85.6 cm³/mol. The fourth-order valence-electron chi connectivity index (χ4n) is 2.16. The molecule has 0 saturated carbocycles. The second-order valence-electron chi connectivity index (χ2n) is 4.64. The van der Waals surface area contributed by atoms with Crippen molar-refractivity contribution >= 4 is 17.0 Å². The topological polar surface area (TPSA) is 62.7 Å². The van der Waals surface area contributed by atoms with Gasteiger partial charge in [0.05, 0.1) is 22.5 Å². The molecule has 0 aromatic carbocycles. The van der Waals surface area contributed by atoms with Gasteiger partial charge in [0.1, 0.15) is 0 Å². The maximum absolute atomic E-state index is 11.6. The van der Waals surface area contributed by atoms with Gasteiger partial charge in [0.25, 0.3) is 5.56 Å². The molecule has 0 saturated heterocycles. The standard InChI is InChI=1S/C15H16N4OS/c1-2-19-10-12(5-6-14(19)20)16-8-11-9-17-18-15(11)13-4-3-7-21-13/h3-7,9-10,16H,2,8H2,1H3,(H,17,18). The number of hydrogen-bond donors (Lipinski definition) is 2. The molecule has 3 rings (SSSR count). The fourth-order valence-corrected chi connectivity index (χ4v) is 2.92. The monoisotopic (exact) mass is 300 g/mol. The number of nitrogens with one attached hydrogen (secondary N) is 2. The molecule has 0 atom stereocenters. The largest absolute Gasteiger partial charge is 0.380 e. The molecule has 3 aromatic heterocycles. The highest BCUT2D eigenvalue weighted by Gasteiger charge is 2.08. The number of H-pyrrole nitrogens is 1. The van der Waals surface area contributed by atoms with Gasteiger partial charge in [-0.3, -0.25) is 9.89 Å². The Balaban J connectivity index is 1.77. The number of aryl methyl sites for hydroxylation is 1. The molecule has 0 fully saturated rings. The molecule has 3 heterocycles. The van der Waals surface area contributed by atoms with Crippen LogP contribution in [0.5, 0.6) is 0 Å². The van der Waals surface area contributed by atoms with Gasteiger partial charge in [-0.25, -0.2) is 0 Å². The number of hydrogen-bond acceptors (Lipinski definition) is 4. The lowest BCUT2D eigenvalue weighted by Gasteiger charge is -2.08. The van der Waals surface area contributed by atoms with Crippen LogP contribution in [-0.2, 0) is 13.1 Å². The molecule has 108 valence electrons. The first-order valence-electron chi connectivity index (χ1n) is 6.78. The molecule has 21 heavy (non-hydrogen) atoms. The number of aromatic amines is 1. The minimum Gasteiger partial charge on any atom is -0.380 e. The third-order valence-corrected chi connectivity index (χ3v) is 4.18. The minimum atomic E-state index is 0.0191. The van der Waals surface area contributed by atoms with Gasteiger partial charge in [-0.15, -0.1) is 11.3 Å². The average Bonchev–Trinajstić information content (AvgIpc) is 3.17. The summed E-state index contributed by atoms with van der Waals surface area (Å²) in [6.45, 7) is 3.28. The Morgan fingerprint density at radius 2 is 2.29 bits per heavy atom. The van der Waals surface area contributed by atoms with E-state index in [4.69, 9.17) is 0 Å². The van der Waals surface area contributed by atoms with Crippen molar-refractivity contribution in [2.24, 2.45) is 0 Å². The van der Waals surface area contributed by atoms with Gasteiger partial charge < -0.3 is 9.88 Å². The van der Waals surface area contributed by atoms with Gasteiger partial charge in [-0.05, 0) is 24.4 Å². The molecule has 0 unspecified atom stereocenters. The van der Waals surface area contributed by atoms with E-state index in [1.54, 1.807) is 28.0 Å². The molecule has 0 spiro atoms. The number of anilines is 1. The summed E-state index contributed by atoms with van der Waals surface area (Å²) < 4.78 is 1.68. The van der Waals surface area contributed by atoms with E-state index >= 15 is 0 Å². The predicted octanol–water partition coefficient (Wildman–Crippen LogP) is 2.93. The van der Waals surface area contributed by atoms with E-state index < -0.39 is 0 Å². The van der Waals surface area contributed by atoms with Crippen LogP contribution >= 0.6 is 11.3 Å². The second-order valence-corrected chi connectivity index (χ2v) is 5.59. The maximum atomic E-state index is 11.6. The third-order valence-electron chi connectivity index (χ3n) is 3.29. The van der Waals surface area contributed by atoms with Crippen molar-refractivity contribution < 1.29 is 0 Å². The van der Waals surface area contributed by atoms with Crippen LogP contribution in [0.3, 0.4) is 0 Å². The normalized spacial score (nSPS) is 10.7. The zero-order valence-corrected chi connectivity index (χ0v) is 12.5. The summed E-state index contributed by atoms with van der Waals surface area (Å²) in [6, 6.07) is 7.48. The highest BCUT2D eigenvalue weighted by molar-refractivity contribution is 7.13. The fraction of sp³-hybridized carbons (Fsp3) is 0.200. The molecule has 0 radical (unpaired) electrons. The van der Waals surface area contributed by atoms with Crippen LogP contribution in [-0.4, -0.2) is 14.8 Å². The number of thiophene rings is 1.